The van der Waals surface area contributed by atoms with Crippen LogP contribution in [0.1, 0.15) is 29.3 Å². The summed E-state index contributed by atoms with van der Waals surface area (Å²) < 4.78 is 5.63. The van der Waals surface area contributed by atoms with E-state index in [0.29, 0.717) is 22.2 Å². The molecule has 1 atom stereocenters. The average molecular weight is 403 g/mol. The van der Waals surface area contributed by atoms with Gasteiger partial charge >= 0.3 is 0 Å². The molecule has 1 aromatic heterocycles. The van der Waals surface area contributed by atoms with Crippen LogP contribution in [-0.4, -0.2) is 12.5 Å². The first-order chi connectivity index (χ1) is 14.1. The van der Waals surface area contributed by atoms with Gasteiger partial charge in [0.05, 0.1) is 5.56 Å². The Bertz CT molecular complexity index is 1050. The van der Waals surface area contributed by atoms with E-state index in [9.17, 15) is 10.1 Å². The topological polar surface area (TPSA) is 62.1 Å². The van der Waals surface area contributed by atoms with E-state index in [1.807, 2.05) is 42.5 Å². The summed E-state index contributed by atoms with van der Waals surface area (Å²) in [6.45, 7) is 2.14. The Morgan fingerprint density at radius 2 is 1.90 bits per heavy atom. The van der Waals surface area contributed by atoms with Crippen LogP contribution < -0.4 is 10.1 Å². The van der Waals surface area contributed by atoms with Crippen LogP contribution in [0, 0.1) is 17.2 Å². The quantitative estimate of drug-likeness (QED) is 0.619. The molecule has 0 aliphatic heterocycles. The molecule has 29 heavy (non-hydrogen) atoms. The van der Waals surface area contributed by atoms with Crippen LogP contribution in [0.4, 0.5) is 5.00 Å². The van der Waals surface area contributed by atoms with Crippen molar-refractivity contribution in [3.63, 3.8) is 0 Å². The van der Waals surface area contributed by atoms with Gasteiger partial charge in [0.25, 0.3) is 5.91 Å². The normalized spacial score (nSPS) is 15.2. The first-order valence-electron chi connectivity index (χ1n) is 9.77. The number of hydrogen-bond acceptors (Lipinski definition) is 4. The monoisotopic (exact) mass is 402 g/mol. The summed E-state index contributed by atoms with van der Waals surface area (Å²) >= 11 is 1.53. The molecule has 0 bridgehead atoms. The van der Waals surface area contributed by atoms with E-state index in [1.165, 1.54) is 16.2 Å². The third kappa shape index (κ3) is 4.33. The summed E-state index contributed by atoms with van der Waals surface area (Å²) in [5.74, 6) is 1.01. The van der Waals surface area contributed by atoms with Crippen LogP contribution in [0.2, 0.25) is 0 Å². The summed E-state index contributed by atoms with van der Waals surface area (Å²) in [4.78, 5) is 13.6. The number of amides is 1. The van der Waals surface area contributed by atoms with Crippen LogP contribution in [0.15, 0.2) is 54.6 Å². The molecule has 1 aliphatic rings. The van der Waals surface area contributed by atoms with Gasteiger partial charge < -0.3 is 10.1 Å². The molecule has 1 amide bonds. The maximum absolute atomic E-state index is 12.4. The lowest BCUT2D eigenvalue weighted by atomic mass is 9.89. The van der Waals surface area contributed by atoms with Crippen LogP contribution in [0.3, 0.4) is 0 Å². The lowest BCUT2D eigenvalue weighted by Crippen LogP contribution is -2.20. The number of benzene rings is 2. The Morgan fingerprint density at radius 1 is 1.17 bits per heavy atom. The van der Waals surface area contributed by atoms with E-state index in [4.69, 9.17) is 4.74 Å². The van der Waals surface area contributed by atoms with Crippen molar-refractivity contribution >= 4 is 22.2 Å². The number of thiophene rings is 1. The Hall–Kier alpha value is -3.10. The highest BCUT2D eigenvalue weighted by Gasteiger charge is 2.24. The SMILES string of the molecule is CC1CCc2c(sc(NC(=O)COc3ccc(-c4ccccc4)cc3)c2C#N)C1. The smallest absolute Gasteiger partial charge is 0.262 e. The van der Waals surface area contributed by atoms with E-state index in [2.05, 4.69) is 30.4 Å². The fourth-order valence-electron chi connectivity index (χ4n) is 3.64. The fourth-order valence-corrected chi connectivity index (χ4v) is 5.02. The Morgan fingerprint density at radius 3 is 2.62 bits per heavy atom. The van der Waals surface area contributed by atoms with Crippen LogP contribution in [0.5, 0.6) is 5.75 Å². The molecular formula is C24H22N2O2S. The van der Waals surface area contributed by atoms with E-state index in [0.717, 1.165) is 36.0 Å². The molecule has 1 unspecified atom stereocenters. The lowest BCUT2D eigenvalue weighted by molar-refractivity contribution is -0.118. The molecule has 1 aliphatic carbocycles. The first kappa shape index (κ1) is 19.2. The van der Waals surface area contributed by atoms with Gasteiger partial charge in [-0.15, -0.1) is 11.3 Å². The van der Waals surface area contributed by atoms with Gasteiger partial charge in [-0.1, -0.05) is 49.4 Å². The number of anilines is 1. The maximum atomic E-state index is 12.4. The highest BCUT2D eigenvalue weighted by molar-refractivity contribution is 7.16. The van der Waals surface area contributed by atoms with Crippen molar-refractivity contribution in [2.24, 2.45) is 5.92 Å². The van der Waals surface area contributed by atoms with Crippen molar-refractivity contribution in [1.82, 2.24) is 0 Å². The largest absolute Gasteiger partial charge is 0.484 e. The zero-order chi connectivity index (χ0) is 20.2. The van der Waals surface area contributed by atoms with Crippen molar-refractivity contribution < 1.29 is 9.53 Å². The summed E-state index contributed by atoms with van der Waals surface area (Å²) in [6, 6.07) is 20.1. The van der Waals surface area contributed by atoms with E-state index >= 15 is 0 Å². The number of rotatable bonds is 5. The average Bonchev–Trinajstić information content (AvgIpc) is 3.09. The molecule has 5 heteroatoms. The summed E-state index contributed by atoms with van der Waals surface area (Å²) in [5.41, 5.74) is 3.97. The number of nitrogens with one attached hydrogen (secondary N) is 1. The zero-order valence-corrected chi connectivity index (χ0v) is 17.1. The van der Waals surface area contributed by atoms with Gasteiger partial charge in [-0.3, -0.25) is 4.79 Å². The van der Waals surface area contributed by atoms with Gasteiger partial charge in [0.1, 0.15) is 16.8 Å². The van der Waals surface area contributed by atoms with Gasteiger partial charge in [0.15, 0.2) is 6.61 Å². The number of nitriles is 1. The molecule has 0 fully saturated rings. The first-order valence-corrected chi connectivity index (χ1v) is 10.6. The van der Waals surface area contributed by atoms with Crippen molar-refractivity contribution in [2.75, 3.05) is 11.9 Å². The minimum absolute atomic E-state index is 0.0888. The Kier molecular flexibility index (Phi) is 5.64. The second-order valence-corrected chi connectivity index (χ2v) is 8.50. The highest BCUT2D eigenvalue weighted by Crippen LogP contribution is 2.39. The lowest BCUT2D eigenvalue weighted by Gasteiger charge is -2.17. The molecule has 0 saturated carbocycles. The minimum atomic E-state index is -0.250. The molecule has 4 rings (SSSR count). The minimum Gasteiger partial charge on any atom is -0.484 e. The predicted molar refractivity (Wildman–Crippen MR) is 116 cm³/mol. The van der Waals surface area contributed by atoms with E-state index in [1.54, 1.807) is 0 Å². The molecule has 1 heterocycles. The molecule has 146 valence electrons. The van der Waals surface area contributed by atoms with Crippen LogP contribution >= 0.6 is 11.3 Å². The van der Waals surface area contributed by atoms with Gasteiger partial charge in [-0.25, -0.2) is 0 Å². The zero-order valence-electron chi connectivity index (χ0n) is 16.3. The van der Waals surface area contributed by atoms with Gasteiger partial charge in [-0.2, -0.15) is 5.26 Å². The van der Waals surface area contributed by atoms with Crippen molar-refractivity contribution in [3.05, 3.63) is 70.6 Å². The summed E-state index contributed by atoms with van der Waals surface area (Å²) in [5, 5.41) is 13.1. The van der Waals surface area contributed by atoms with E-state index in [-0.39, 0.29) is 12.5 Å². The molecule has 3 aromatic rings. The molecule has 2 aromatic carbocycles. The number of carbonyl (C=O) groups excluding carboxylic acids is 1. The number of fused-ring (bicyclic) bond motifs is 1. The van der Waals surface area contributed by atoms with Gasteiger partial charge in [-0.05, 0) is 54.0 Å². The molecule has 4 nitrogen and oxygen atoms in total. The predicted octanol–water partition coefficient (Wildman–Crippen LogP) is 5.43. The molecule has 0 spiro atoms. The highest BCUT2D eigenvalue weighted by atomic mass is 32.1. The second kappa shape index (κ2) is 8.50. The van der Waals surface area contributed by atoms with Gasteiger partial charge in [0.2, 0.25) is 0 Å². The number of carbonyl (C=O) groups is 1. The number of ether oxygens (including phenoxy) is 1. The third-order valence-electron chi connectivity index (χ3n) is 5.21. The Balaban J connectivity index is 1.38. The molecule has 0 radical (unpaired) electrons. The van der Waals surface area contributed by atoms with Crippen molar-refractivity contribution in [1.29, 1.82) is 5.26 Å². The fraction of sp³-hybridized carbons (Fsp3) is 0.250. The Labute approximate surface area is 174 Å². The van der Waals surface area contributed by atoms with Crippen molar-refractivity contribution in [3.8, 4) is 22.9 Å². The third-order valence-corrected chi connectivity index (χ3v) is 6.38. The maximum Gasteiger partial charge on any atom is 0.262 e. The second-order valence-electron chi connectivity index (χ2n) is 7.39. The van der Waals surface area contributed by atoms with Crippen molar-refractivity contribution in [2.45, 2.75) is 26.2 Å². The molecule has 1 N–H and O–H groups in total. The standard InChI is InChI=1S/C24H22N2O2S/c1-16-7-12-20-21(14-25)24(29-22(20)13-16)26-23(27)15-28-19-10-8-18(9-11-19)17-5-3-2-4-6-17/h2-6,8-11,16H,7,12-13,15H2,1H3,(H,26,27). The molecule has 0 saturated heterocycles. The number of hydrogen-bond donors (Lipinski definition) is 1. The number of nitrogens with zero attached hydrogens (tertiary/aromatic N) is 1. The summed E-state index contributed by atoms with van der Waals surface area (Å²) in [7, 11) is 0. The van der Waals surface area contributed by atoms with Crippen LogP contribution in [0.25, 0.3) is 11.1 Å². The van der Waals surface area contributed by atoms with Crippen LogP contribution in [-0.2, 0) is 17.6 Å². The van der Waals surface area contributed by atoms with Gasteiger partial charge in [0, 0.05) is 4.88 Å². The van der Waals surface area contributed by atoms with E-state index < -0.39 is 0 Å². The molecular weight excluding hydrogens is 380 g/mol. The summed E-state index contributed by atoms with van der Waals surface area (Å²) in [6.07, 6.45) is 2.98.